The molecule has 6 heteroatoms. The average Bonchev–Trinajstić information content (AvgIpc) is 2.57. The number of halogens is 1. The number of aromatic nitrogens is 1. The van der Waals surface area contributed by atoms with Gasteiger partial charge in [0.05, 0.1) is 0 Å². The Hall–Kier alpha value is -0.650. The molecule has 1 atom stereocenters. The molecule has 0 bridgehead atoms. The molecular weight excluding hydrogens is 272 g/mol. The van der Waals surface area contributed by atoms with E-state index in [9.17, 15) is 8.42 Å². The summed E-state index contributed by atoms with van der Waals surface area (Å²) in [5.41, 5.74) is 0.200. The van der Waals surface area contributed by atoms with Gasteiger partial charge in [0.25, 0.3) is 0 Å². The molecule has 1 aromatic rings. The Morgan fingerprint density at radius 3 is 2.78 bits per heavy atom. The molecule has 18 heavy (non-hydrogen) atoms. The fourth-order valence-corrected chi connectivity index (χ4v) is 4.11. The Morgan fingerprint density at radius 1 is 1.50 bits per heavy atom. The van der Waals surface area contributed by atoms with E-state index in [1.807, 2.05) is 0 Å². The van der Waals surface area contributed by atoms with Gasteiger partial charge in [0.15, 0.2) is 0 Å². The van der Waals surface area contributed by atoms with Crippen LogP contribution in [-0.4, -0.2) is 19.4 Å². The summed E-state index contributed by atoms with van der Waals surface area (Å²) in [5.74, 6) is 0. The third kappa shape index (κ3) is 3.02. The quantitative estimate of drug-likeness (QED) is 0.870. The van der Waals surface area contributed by atoms with E-state index in [1.165, 1.54) is 12.3 Å². The van der Waals surface area contributed by atoms with Gasteiger partial charge in [-0.3, -0.25) is 0 Å². The van der Waals surface area contributed by atoms with E-state index in [2.05, 4.69) is 23.6 Å². The van der Waals surface area contributed by atoms with Crippen LogP contribution in [-0.2, 0) is 10.0 Å². The standard InChI is InChI=1S/C12H17ClN2O2S/c1-12(2)6-5-9(8-12)15-18(16,17)10-4-3-7-14-11(10)13/h3-4,7,9,15H,5-6,8H2,1-2H3. The fourth-order valence-electron chi connectivity index (χ4n) is 2.39. The molecular formula is C12H17ClN2O2S. The van der Waals surface area contributed by atoms with Crippen LogP contribution < -0.4 is 4.72 Å². The van der Waals surface area contributed by atoms with Gasteiger partial charge in [0.2, 0.25) is 10.0 Å². The highest BCUT2D eigenvalue weighted by molar-refractivity contribution is 7.89. The zero-order chi connectivity index (χ0) is 13.4. The molecule has 100 valence electrons. The van der Waals surface area contributed by atoms with Crippen molar-refractivity contribution in [1.82, 2.24) is 9.71 Å². The highest BCUT2D eigenvalue weighted by Gasteiger charge is 2.34. The fraction of sp³-hybridized carbons (Fsp3) is 0.583. The molecule has 1 aromatic heterocycles. The molecule has 0 amide bonds. The minimum absolute atomic E-state index is 0.0127. The maximum absolute atomic E-state index is 12.2. The van der Waals surface area contributed by atoms with Gasteiger partial charge in [-0.25, -0.2) is 18.1 Å². The van der Waals surface area contributed by atoms with E-state index in [1.54, 1.807) is 6.07 Å². The van der Waals surface area contributed by atoms with Crippen molar-refractivity contribution in [3.05, 3.63) is 23.5 Å². The van der Waals surface area contributed by atoms with Crippen molar-refractivity contribution in [2.75, 3.05) is 0 Å². The normalized spacial score (nSPS) is 23.2. The first kappa shape index (κ1) is 13.8. The molecule has 1 N–H and O–H groups in total. The van der Waals surface area contributed by atoms with E-state index in [-0.39, 0.29) is 21.5 Å². The molecule has 1 heterocycles. The SMILES string of the molecule is CC1(C)CCC(NS(=O)(=O)c2cccnc2Cl)C1. The molecule has 1 fully saturated rings. The molecule has 2 rings (SSSR count). The van der Waals surface area contributed by atoms with Crippen molar-refractivity contribution >= 4 is 21.6 Å². The van der Waals surface area contributed by atoms with Crippen LogP contribution in [0.4, 0.5) is 0 Å². The highest BCUT2D eigenvalue weighted by Crippen LogP contribution is 2.37. The Labute approximate surface area is 113 Å². The summed E-state index contributed by atoms with van der Waals surface area (Å²) in [7, 11) is -3.57. The minimum Gasteiger partial charge on any atom is -0.243 e. The predicted molar refractivity (Wildman–Crippen MR) is 71.0 cm³/mol. The third-order valence-corrected chi connectivity index (χ3v) is 5.27. The van der Waals surface area contributed by atoms with Gasteiger partial charge < -0.3 is 0 Å². The van der Waals surface area contributed by atoms with E-state index in [0.717, 1.165) is 19.3 Å². The molecule has 4 nitrogen and oxygen atoms in total. The number of hydrogen-bond donors (Lipinski definition) is 1. The number of nitrogens with zero attached hydrogens (tertiary/aromatic N) is 1. The van der Waals surface area contributed by atoms with E-state index in [0.29, 0.717) is 0 Å². The van der Waals surface area contributed by atoms with Crippen LogP contribution in [0.25, 0.3) is 0 Å². The number of hydrogen-bond acceptors (Lipinski definition) is 3. The van der Waals surface area contributed by atoms with Crippen molar-refractivity contribution < 1.29 is 8.42 Å². The summed E-state index contributed by atoms with van der Waals surface area (Å²) in [4.78, 5) is 3.85. The van der Waals surface area contributed by atoms with Crippen LogP contribution in [0.2, 0.25) is 5.15 Å². The maximum atomic E-state index is 12.2. The average molecular weight is 289 g/mol. The zero-order valence-corrected chi connectivity index (χ0v) is 12.1. The summed E-state index contributed by atoms with van der Waals surface area (Å²) in [5, 5.41) is 0.0160. The summed E-state index contributed by atoms with van der Waals surface area (Å²) < 4.78 is 27.1. The smallest absolute Gasteiger partial charge is 0.243 e. The second-order valence-electron chi connectivity index (χ2n) is 5.52. The van der Waals surface area contributed by atoms with Gasteiger partial charge in [-0.05, 0) is 36.8 Å². The number of pyridine rings is 1. The lowest BCUT2D eigenvalue weighted by Crippen LogP contribution is -2.33. The first-order valence-corrected chi connectivity index (χ1v) is 7.79. The second kappa shape index (κ2) is 4.79. The second-order valence-corrected chi connectivity index (χ2v) is 7.56. The van der Waals surface area contributed by atoms with Crippen LogP contribution >= 0.6 is 11.6 Å². The number of rotatable bonds is 3. The lowest BCUT2D eigenvalue weighted by Gasteiger charge is -2.18. The predicted octanol–water partition coefficient (Wildman–Crippen LogP) is 2.59. The Balaban J connectivity index is 2.17. The number of nitrogens with one attached hydrogen (secondary N) is 1. The van der Waals surface area contributed by atoms with Gasteiger partial charge in [-0.2, -0.15) is 0 Å². The van der Waals surface area contributed by atoms with Gasteiger partial charge in [-0.1, -0.05) is 25.4 Å². The van der Waals surface area contributed by atoms with Crippen LogP contribution in [0.3, 0.4) is 0 Å². The molecule has 1 aliphatic rings. The monoisotopic (exact) mass is 288 g/mol. The third-order valence-electron chi connectivity index (χ3n) is 3.30. The molecule has 1 saturated carbocycles. The van der Waals surface area contributed by atoms with Crippen LogP contribution in [0, 0.1) is 5.41 Å². The summed E-state index contributed by atoms with van der Waals surface area (Å²) >= 11 is 5.82. The Bertz CT molecular complexity index is 543. The van der Waals surface area contributed by atoms with Gasteiger partial charge in [0, 0.05) is 12.2 Å². The number of sulfonamides is 1. The molecule has 0 saturated heterocycles. The van der Waals surface area contributed by atoms with Crippen LogP contribution in [0.15, 0.2) is 23.2 Å². The lowest BCUT2D eigenvalue weighted by atomic mass is 9.92. The van der Waals surface area contributed by atoms with E-state index in [4.69, 9.17) is 11.6 Å². The van der Waals surface area contributed by atoms with Crippen molar-refractivity contribution in [3.8, 4) is 0 Å². The molecule has 0 aromatic carbocycles. The van der Waals surface area contributed by atoms with Crippen LogP contribution in [0.5, 0.6) is 0 Å². The van der Waals surface area contributed by atoms with Gasteiger partial charge in [-0.15, -0.1) is 0 Å². The minimum atomic E-state index is -3.57. The van der Waals surface area contributed by atoms with Gasteiger partial charge >= 0.3 is 0 Å². The highest BCUT2D eigenvalue weighted by atomic mass is 35.5. The van der Waals surface area contributed by atoms with Crippen molar-refractivity contribution in [2.45, 2.75) is 44.0 Å². The topological polar surface area (TPSA) is 59.1 Å². The zero-order valence-electron chi connectivity index (χ0n) is 10.5. The molecule has 0 aliphatic heterocycles. The van der Waals surface area contributed by atoms with Crippen molar-refractivity contribution in [3.63, 3.8) is 0 Å². The Morgan fingerprint density at radius 2 is 2.22 bits per heavy atom. The lowest BCUT2D eigenvalue weighted by molar-refractivity contribution is 0.372. The summed E-state index contributed by atoms with van der Waals surface area (Å²) in [6.45, 7) is 4.30. The molecule has 0 radical (unpaired) electrons. The van der Waals surface area contributed by atoms with Crippen LogP contribution in [0.1, 0.15) is 33.1 Å². The van der Waals surface area contributed by atoms with Crippen molar-refractivity contribution in [2.24, 2.45) is 5.41 Å². The molecule has 1 aliphatic carbocycles. The summed E-state index contributed by atoms with van der Waals surface area (Å²) in [6, 6.07) is 3.03. The van der Waals surface area contributed by atoms with E-state index >= 15 is 0 Å². The molecule has 0 spiro atoms. The van der Waals surface area contributed by atoms with Gasteiger partial charge in [0.1, 0.15) is 10.0 Å². The first-order valence-electron chi connectivity index (χ1n) is 5.93. The van der Waals surface area contributed by atoms with E-state index < -0.39 is 10.0 Å². The first-order chi connectivity index (χ1) is 8.30. The summed E-state index contributed by atoms with van der Waals surface area (Å²) in [6.07, 6.45) is 4.22. The molecule has 1 unspecified atom stereocenters. The maximum Gasteiger partial charge on any atom is 0.243 e. The Kier molecular flexibility index (Phi) is 3.67. The largest absolute Gasteiger partial charge is 0.243 e. The van der Waals surface area contributed by atoms with Crippen molar-refractivity contribution in [1.29, 1.82) is 0 Å².